The van der Waals surface area contributed by atoms with Crippen LogP contribution in [0.4, 0.5) is 0 Å². The summed E-state index contributed by atoms with van der Waals surface area (Å²) in [7, 11) is -1.83. The predicted octanol–water partition coefficient (Wildman–Crippen LogP) is 4.92. The second-order valence-electron chi connectivity index (χ2n) is 4.37. The fourth-order valence-corrected chi connectivity index (χ4v) is 4.97. The zero-order valence-electron chi connectivity index (χ0n) is 10.5. The molecule has 0 aromatic carbocycles. The Balaban J connectivity index is 4.01. The molecule has 0 radical (unpaired) electrons. The number of rotatable bonds is 10. The number of allylic oxidation sites excluding steroid dienone is 1. The average molecular weight is 230 g/mol. The van der Waals surface area contributed by atoms with Crippen molar-refractivity contribution in [2.45, 2.75) is 52.4 Å². The Labute approximate surface area is 95.7 Å². The summed E-state index contributed by atoms with van der Waals surface area (Å²) in [5, 5.41) is 0. The first-order valence-corrected chi connectivity index (χ1v) is 8.62. The van der Waals surface area contributed by atoms with Crippen LogP contribution in [0.15, 0.2) is 12.7 Å². The van der Waals surface area contributed by atoms with Crippen molar-refractivity contribution in [3.8, 4) is 0 Å². The minimum Gasteiger partial charge on any atom is -0.324 e. The third kappa shape index (κ3) is 7.85. The number of unbranched alkanes of at least 4 members (excludes halogenated alkanes) is 3. The predicted molar refractivity (Wildman–Crippen MR) is 71.5 cm³/mol. The van der Waals surface area contributed by atoms with Crippen LogP contribution in [0.25, 0.3) is 0 Å². The van der Waals surface area contributed by atoms with E-state index in [9.17, 15) is 4.57 Å². The molecule has 15 heavy (non-hydrogen) atoms. The van der Waals surface area contributed by atoms with Crippen molar-refractivity contribution in [1.82, 2.24) is 0 Å². The van der Waals surface area contributed by atoms with Crippen LogP contribution >= 0.6 is 7.14 Å². The van der Waals surface area contributed by atoms with Gasteiger partial charge in [-0.25, -0.2) is 0 Å². The van der Waals surface area contributed by atoms with E-state index < -0.39 is 7.14 Å². The van der Waals surface area contributed by atoms with Gasteiger partial charge < -0.3 is 4.57 Å². The van der Waals surface area contributed by atoms with Gasteiger partial charge in [0, 0.05) is 18.5 Å². The smallest absolute Gasteiger partial charge is 0.0877 e. The van der Waals surface area contributed by atoms with Crippen LogP contribution in [0, 0.1) is 0 Å². The van der Waals surface area contributed by atoms with Crippen molar-refractivity contribution in [1.29, 1.82) is 0 Å². The Morgan fingerprint density at radius 1 is 1.00 bits per heavy atom. The second-order valence-corrected chi connectivity index (χ2v) is 7.82. The summed E-state index contributed by atoms with van der Waals surface area (Å²) in [5.74, 6) is 0. The van der Waals surface area contributed by atoms with Crippen LogP contribution in [0.1, 0.15) is 52.4 Å². The lowest BCUT2D eigenvalue weighted by atomic mass is 10.3. The van der Waals surface area contributed by atoms with Gasteiger partial charge in [0.2, 0.25) is 0 Å². The molecule has 2 heteroatoms. The molecule has 0 atom stereocenters. The lowest BCUT2D eigenvalue weighted by Gasteiger charge is -2.17. The zero-order chi connectivity index (χ0) is 11.6. The lowest BCUT2D eigenvalue weighted by molar-refractivity contribution is 0.568. The highest BCUT2D eigenvalue weighted by molar-refractivity contribution is 7.63. The van der Waals surface area contributed by atoms with Gasteiger partial charge in [-0.05, 0) is 25.7 Å². The lowest BCUT2D eigenvalue weighted by Crippen LogP contribution is -2.00. The fraction of sp³-hybridized carbons (Fsp3) is 0.846. The molecule has 0 spiro atoms. The van der Waals surface area contributed by atoms with E-state index in [1.807, 2.05) is 6.08 Å². The normalized spacial score (nSPS) is 11.6. The van der Waals surface area contributed by atoms with Gasteiger partial charge in [-0.15, -0.1) is 6.58 Å². The van der Waals surface area contributed by atoms with Crippen LogP contribution < -0.4 is 0 Å². The molecule has 0 aromatic heterocycles. The van der Waals surface area contributed by atoms with E-state index >= 15 is 0 Å². The highest BCUT2D eigenvalue weighted by atomic mass is 31.2. The summed E-state index contributed by atoms with van der Waals surface area (Å²) in [6.07, 6.45) is 11.5. The highest BCUT2D eigenvalue weighted by Gasteiger charge is 2.19. The van der Waals surface area contributed by atoms with Crippen molar-refractivity contribution in [2.24, 2.45) is 0 Å². The van der Waals surface area contributed by atoms with Gasteiger partial charge in [-0.3, -0.25) is 0 Å². The van der Waals surface area contributed by atoms with E-state index in [-0.39, 0.29) is 0 Å². The monoisotopic (exact) mass is 230 g/mol. The second kappa shape index (κ2) is 9.21. The quantitative estimate of drug-likeness (QED) is 0.296. The number of hydrogen-bond acceptors (Lipinski definition) is 1. The first-order valence-electron chi connectivity index (χ1n) is 6.36. The molecule has 0 amide bonds. The summed E-state index contributed by atoms with van der Waals surface area (Å²) >= 11 is 0. The van der Waals surface area contributed by atoms with Crippen molar-refractivity contribution in [3.05, 3.63) is 12.7 Å². The zero-order valence-corrected chi connectivity index (χ0v) is 11.4. The maximum atomic E-state index is 12.6. The van der Waals surface area contributed by atoms with Gasteiger partial charge in [0.1, 0.15) is 0 Å². The van der Waals surface area contributed by atoms with Crippen LogP contribution in [0.3, 0.4) is 0 Å². The maximum Gasteiger partial charge on any atom is 0.0877 e. The van der Waals surface area contributed by atoms with Gasteiger partial charge >= 0.3 is 0 Å². The molecule has 0 aliphatic rings. The molecule has 0 saturated heterocycles. The third-order valence-corrected chi connectivity index (χ3v) is 6.21. The van der Waals surface area contributed by atoms with E-state index in [2.05, 4.69) is 20.4 Å². The molecule has 1 nitrogen and oxygen atoms in total. The molecule has 0 aromatic rings. The average Bonchev–Trinajstić information content (AvgIpc) is 2.24. The minimum absolute atomic E-state index is 0.943. The molecule has 90 valence electrons. The van der Waals surface area contributed by atoms with E-state index in [0.29, 0.717) is 0 Å². The largest absolute Gasteiger partial charge is 0.324 e. The Kier molecular flexibility index (Phi) is 9.20. The first kappa shape index (κ1) is 15.0. The standard InChI is InChI=1S/C13H27OP/c1-4-7-10-13-15(14,11-8-5-2)12-9-6-3/h4H,1,5-13H2,2-3H3. The summed E-state index contributed by atoms with van der Waals surface area (Å²) in [6.45, 7) is 8.06. The van der Waals surface area contributed by atoms with Gasteiger partial charge in [0.15, 0.2) is 0 Å². The highest BCUT2D eigenvalue weighted by Crippen LogP contribution is 2.48. The Morgan fingerprint density at radius 3 is 1.87 bits per heavy atom. The Hall–Kier alpha value is -0.0300. The first-order chi connectivity index (χ1) is 7.18. The molecule has 0 unspecified atom stereocenters. The minimum atomic E-state index is -1.83. The van der Waals surface area contributed by atoms with Gasteiger partial charge in [-0.1, -0.05) is 32.8 Å². The Morgan fingerprint density at radius 2 is 1.47 bits per heavy atom. The summed E-state index contributed by atoms with van der Waals surface area (Å²) < 4.78 is 12.6. The third-order valence-electron chi connectivity index (χ3n) is 2.81. The molecule has 0 rings (SSSR count). The van der Waals surface area contributed by atoms with Crippen molar-refractivity contribution in [2.75, 3.05) is 18.5 Å². The summed E-state index contributed by atoms with van der Waals surface area (Å²) in [4.78, 5) is 0. The van der Waals surface area contributed by atoms with Crippen molar-refractivity contribution in [3.63, 3.8) is 0 Å². The van der Waals surface area contributed by atoms with E-state index in [1.165, 1.54) is 0 Å². The van der Waals surface area contributed by atoms with Gasteiger partial charge in [0.05, 0.1) is 7.14 Å². The van der Waals surface area contributed by atoms with Crippen molar-refractivity contribution >= 4 is 7.14 Å². The van der Waals surface area contributed by atoms with Crippen LogP contribution in [0.2, 0.25) is 0 Å². The molecule has 0 saturated carbocycles. The van der Waals surface area contributed by atoms with Crippen LogP contribution in [0.5, 0.6) is 0 Å². The number of hydrogen-bond donors (Lipinski definition) is 0. The van der Waals surface area contributed by atoms with E-state index in [4.69, 9.17) is 0 Å². The van der Waals surface area contributed by atoms with E-state index in [1.54, 1.807) is 0 Å². The molecule has 0 N–H and O–H groups in total. The molecule has 0 fully saturated rings. The molecular weight excluding hydrogens is 203 g/mol. The maximum absolute atomic E-state index is 12.6. The van der Waals surface area contributed by atoms with Crippen LogP contribution in [-0.2, 0) is 4.57 Å². The van der Waals surface area contributed by atoms with Crippen LogP contribution in [-0.4, -0.2) is 18.5 Å². The van der Waals surface area contributed by atoms with Gasteiger partial charge in [0.25, 0.3) is 0 Å². The SMILES string of the molecule is C=CCCCP(=O)(CCCC)CCCC. The summed E-state index contributed by atoms with van der Waals surface area (Å²) in [6, 6.07) is 0. The Bertz CT molecular complexity index is 187. The molecular formula is C13H27OP. The van der Waals surface area contributed by atoms with Crippen molar-refractivity contribution < 1.29 is 4.57 Å². The fourth-order valence-electron chi connectivity index (χ4n) is 1.75. The molecule has 0 bridgehead atoms. The topological polar surface area (TPSA) is 17.1 Å². The molecule has 0 aliphatic carbocycles. The molecule has 0 aliphatic heterocycles. The van der Waals surface area contributed by atoms with Gasteiger partial charge in [-0.2, -0.15) is 0 Å². The summed E-state index contributed by atoms with van der Waals surface area (Å²) in [5.41, 5.74) is 0. The molecule has 0 heterocycles. The van der Waals surface area contributed by atoms with E-state index in [0.717, 1.165) is 57.0 Å².